The molecule has 106 valence electrons. The van der Waals surface area contributed by atoms with Gasteiger partial charge in [-0.1, -0.05) is 34.1 Å². The molecule has 0 atom stereocenters. The Labute approximate surface area is 136 Å². The van der Waals surface area contributed by atoms with Crippen LogP contribution in [0.4, 0.5) is 0 Å². The number of nitrogens with zero attached hydrogens (tertiary/aromatic N) is 2. The smallest absolute Gasteiger partial charge is 0.343 e. The molecule has 2 rings (SSSR count). The van der Waals surface area contributed by atoms with Crippen molar-refractivity contribution in [3.05, 3.63) is 69.7 Å². The van der Waals surface area contributed by atoms with E-state index in [0.717, 1.165) is 4.47 Å². The lowest BCUT2D eigenvalue weighted by Crippen LogP contribution is -2.09. The van der Waals surface area contributed by atoms with Gasteiger partial charge in [-0.05, 0) is 36.4 Å². The van der Waals surface area contributed by atoms with Crippen LogP contribution in [0, 0.1) is 22.7 Å². The minimum Gasteiger partial charge on any atom is -0.422 e. The van der Waals surface area contributed by atoms with E-state index in [-0.39, 0.29) is 5.57 Å². The fraction of sp³-hybridized carbons (Fsp3) is 0. The summed E-state index contributed by atoms with van der Waals surface area (Å²) in [6, 6.07) is 17.0. The third-order valence-electron chi connectivity index (χ3n) is 2.74. The van der Waals surface area contributed by atoms with E-state index < -0.39 is 5.97 Å². The molecule has 0 saturated carbocycles. The van der Waals surface area contributed by atoms with Crippen molar-refractivity contribution in [1.82, 2.24) is 0 Å². The van der Waals surface area contributed by atoms with Gasteiger partial charge in [0.2, 0.25) is 0 Å². The molecule has 0 aliphatic rings. The van der Waals surface area contributed by atoms with Crippen molar-refractivity contribution >= 4 is 28.0 Å². The van der Waals surface area contributed by atoms with Gasteiger partial charge in [-0.3, -0.25) is 0 Å². The highest BCUT2D eigenvalue weighted by Gasteiger charge is 2.11. The quantitative estimate of drug-likeness (QED) is 0.473. The zero-order chi connectivity index (χ0) is 15.9. The van der Waals surface area contributed by atoms with E-state index in [1.807, 2.05) is 0 Å². The molecule has 0 bridgehead atoms. The van der Waals surface area contributed by atoms with Gasteiger partial charge in [-0.25, -0.2) is 4.79 Å². The molecule has 0 saturated heterocycles. The number of hydrogen-bond donors (Lipinski definition) is 0. The Morgan fingerprint density at radius 1 is 1.05 bits per heavy atom. The highest BCUT2D eigenvalue weighted by Crippen LogP contribution is 2.22. The lowest BCUT2D eigenvalue weighted by molar-refractivity contribution is 0.0734. The predicted molar refractivity (Wildman–Crippen MR) is 84.7 cm³/mol. The molecule has 0 aliphatic carbocycles. The van der Waals surface area contributed by atoms with Crippen LogP contribution >= 0.6 is 15.9 Å². The van der Waals surface area contributed by atoms with Crippen LogP contribution in [0.5, 0.6) is 5.75 Å². The van der Waals surface area contributed by atoms with Gasteiger partial charge >= 0.3 is 5.97 Å². The molecule has 0 radical (unpaired) electrons. The summed E-state index contributed by atoms with van der Waals surface area (Å²) in [4.78, 5) is 12.1. The summed E-state index contributed by atoms with van der Waals surface area (Å²) in [6.07, 6.45) is 1.38. The third-order valence-corrected chi connectivity index (χ3v) is 3.27. The van der Waals surface area contributed by atoms with Gasteiger partial charge in [0, 0.05) is 10.0 Å². The number of carbonyl (C=O) groups excluding carboxylic acids is 1. The number of ether oxygens (including phenoxy) is 1. The average Bonchev–Trinajstić information content (AvgIpc) is 2.54. The van der Waals surface area contributed by atoms with Crippen LogP contribution < -0.4 is 4.74 Å². The number of esters is 1. The Morgan fingerprint density at radius 2 is 1.68 bits per heavy atom. The van der Waals surface area contributed by atoms with Crippen LogP contribution in [-0.2, 0) is 0 Å². The predicted octanol–water partition coefficient (Wildman–Crippen LogP) is 4.10. The van der Waals surface area contributed by atoms with E-state index in [2.05, 4.69) is 15.9 Å². The zero-order valence-corrected chi connectivity index (χ0v) is 12.9. The average molecular weight is 353 g/mol. The van der Waals surface area contributed by atoms with Crippen LogP contribution in [0.1, 0.15) is 15.9 Å². The summed E-state index contributed by atoms with van der Waals surface area (Å²) in [6.45, 7) is 0. The number of hydrogen-bond acceptors (Lipinski definition) is 4. The maximum atomic E-state index is 12.1. The minimum absolute atomic E-state index is 0.0628. The van der Waals surface area contributed by atoms with Crippen LogP contribution in [-0.4, -0.2) is 5.97 Å². The van der Waals surface area contributed by atoms with Crippen molar-refractivity contribution in [2.45, 2.75) is 0 Å². The number of nitriles is 2. The number of carbonyl (C=O) groups is 1. The number of halogens is 1. The van der Waals surface area contributed by atoms with Crippen molar-refractivity contribution in [3.63, 3.8) is 0 Å². The summed E-state index contributed by atoms with van der Waals surface area (Å²) in [5, 5.41) is 17.6. The molecular formula is C17H9BrN2O2. The molecule has 0 heterocycles. The Kier molecular flexibility index (Phi) is 5.08. The van der Waals surface area contributed by atoms with Gasteiger partial charge in [0.25, 0.3) is 0 Å². The molecular weight excluding hydrogens is 344 g/mol. The highest BCUT2D eigenvalue weighted by molar-refractivity contribution is 9.10. The SMILES string of the molecule is N#CC(C#N)=Cc1ccccc1OC(=O)c1ccc(Br)cc1. The van der Waals surface area contributed by atoms with Gasteiger partial charge in [-0.2, -0.15) is 10.5 Å². The molecule has 0 aromatic heterocycles. The molecule has 0 spiro atoms. The Morgan fingerprint density at radius 3 is 2.32 bits per heavy atom. The molecule has 5 heteroatoms. The Bertz CT molecular complexity index is 796. The highest BCUT2D eigenvalue weighted by atomic mass is 79.9. The van der Waals surface area contributed by atoms with Crippen molar-refractivity contribution in [1.29, 1.82) is 10.5 Å². The van der Waals surface area contributed by atoms with Crippen molar-refractivity contribution < 1.29 is 9.53 Å². The summed E-state index contributed by atoms with van der Waals surface area (Å²) in [5.41, 5.74) is 0.834. The largest absolute Gasteiger partial charge is 0.422 e. The first kappa shape index (κ1) is 15.5. The summed E-state index contributed by atoms with van der Waals surface area (Å²) < 4.78 is 6.20. The minimum atomic E-state index is -0.510. The Hall–Kier alpha value is -2.89. The normalized spacial score (nSPS) is 9.23. The van der Waals surface area contributed by atoms with Crippen molar-refractivity contribution in [3.8, 4) is 17.9 Å². The lowest BCUT2D eigenvalue weighted by atomic mass is 10.1. The maximum Gasteiger partial charge on any atom is 0.343 e. The van der Waals surface area contributed by atoms with Crippen LogP contribution in [0.15, 0.2) is 58.6 Å². The molecule has 22 heavy (non-hydrogen) atoms. The monoisotopic (exact) mass is 352 g/mol. The van der Waals surface area contributed by atoms with Gasteiger partial charge in [0.1, 0.15) is 23.5 Å². The zero-order valence-electron chi connectivity index (χ0n) is 11.3. The Balaban J connectivity index is 2.29. The van der Waals surface area contributed by atoms with Crippen LogP contribution in [0.3, 0.4) is 0 Å². The first-order valence-electron chi connectivity index (χ1n) is 6.22. The summed E-state index contributed by atoms with van der Waals surface area (Å²) in [7, 11) is 0. The fourth-order valence-corrected chi connectivity index (χ4v) is 1.95. The first-order chi connectivity index (χ1) is 10.6. The van der Waals surface area contributed by atoms with Gasteiger partial charge in [-0.15, -0.1) is 0 Å². The van der Waals surface area contributed by atoms with E-state index in [1.165, 1.54) is 6.08 Å². The summed E-state index contributed by atoms with van der Waals surface area (Å²) in [5.74, 6) is -0.220. The topological polar surface area (TPSA) is 73.9 Å². The molecule has 0 N–H and O–H groups in total. The lowest BCUT2D eigenvalue weighted by Gasteiger charge is -2.07. The van der Waals surface area contributed by atoms with E-state index in [9.17, 15) is 4.79 Å². The number of benzene rings is 2. The van der Waals surface area contributed by atoms with Crippen molar-refractivity contribution in [2.75, 3.05) is 0 Å². The van der Waals surface area contributed by atoms with Gasteiger partial charge in [0.05, 0.1) is 5.56 Å². The number of allylic oxidation sites excluding steroid dienone is 1. The number of rotatable bonds is 3. The molecule has 2 aromatic carbocycles. The number of para-hydroxylation sites is 1. The van der Waals surface area contributed by atoms with Crippen molar-refractivity contribution in [2.24, 2.45) is 0 Å². The maximum absolute atomic E-state index is 12.1. The van der Waals surface area contributed by atoms with Gasteiger partial charge < -0.3 is 4.74 Å². The van der Waals surface area contributed by atoms with Gasteiger partial charge in [0.15, 0.2) is 0 Å². The van der Waals surface area contributed by atoms with E-state index in [4.69, 9.17) is 15.3 Å². The van der Waals surface area contributed by atoms with E-state index in [0.29, 0.717) is 16.9 Å². The van der Waals surface area contributed by atoms with Crippen LogP contribution in [0.2, 0.25) is 0 Å². The first-order valence-corrected chi connectivity index (χ1v) is 7.02. The summed E-state index contributed by atoms with van der Waals surface area (Å²) >= 11 is 3.29. The fourth-order valence-electron chi connectivity index (χ4n) is 1.68. The van der Waals surface area contributed by atoms with E-state index >= 15 is 0 Å². The third kappa shape index (κ3) is 3.82. The second-order valence-electron chi connectivity index (χ2n) is 4.22. The molecule has 0 aliphatic heterocycles. The molecule has 0 amide bonds. The second-order valence-corrected chi connectivity index (χ2v) is 5.13. The molecule has 2 aromatic rings. The molecule has 0 fully saturated rings. The standard InChI is InChI=1S/C17H9BrN2O2/c18-15-7-5-13(6-8-15)17(21)22-16-4-2-1-3-14(16)9-12(10-19)11-20/h1-9H. The van der Waals surface area contributed by atoms with Crippen LogP contribution in [0.25, 0.3) is 6.08 Å². The second kappa shape index (κ2) is 7.21. The molecule has 0 unspecified atom stereocenters. The van der Waals surface area contributed by atoms with E-state index in [1.54, 1.807) is 60.7 Å². The molecule has 4 nitrogen and oxygen atoms in total.